The van der Waals surface area contributed by atoms with E-state index in [1.54, 1.807) is 0 Å². The molecule has 1 spiro atoms. The Bertz CT molecular complexity index is 1100. The number of hydrogen-bond donors (Lipinski definition) is 0. The van der Waals surface area contributed by atoms with Gasteiger partial charge in [0.15, 0.2) is 0 Å². The molecule has 34 heavy (non-hydrogen) atoms. The van der Waals surface area contributed by atoms with Crippen LogP contribution in [0.15, 0.2) is 24.4 Å². The predicted octanol–water partition coefficient (Wildman–Crippen LogP) is 5.94. The zero-order valence-electron chi connectivity index (χ0n) is 20.5. The van der Waals surface area contributed by atoms with Crippen molar-refractivity contribution in [1.29, 1.82) is 0 Å². The molecule has 0 N–H and O–H groups in total. The molecule has 3 aliphatic heterocycles. The highest BCUT2D eigenvalue weighted by Gasteiger charge is 2.47. The van der Waals surface area contributed by atoms with Crippen molar-refractivity contribution >= 4 is 17.9 Å². The number of rotatable bonds is 3. The summed E-state index contributed by atoms with van der Waals surface area (Å²) in [5.41, 5.74) is 4.07. The van der Waals surface area contributed by atoms with Crippen molar-refractivity contribution in [2.24, 2.45) is 5.92 Å². The number of likely N-dealkylation sites (tertiary alicyclic amines) is 1. The molecule has 1 amide bonds. The summed E-state index contributed by atoms with van der Waals surface area (Å²) in [6.45, 7) is 8.63. The first-order chi connectivity index (χ1) is 16.3. The van der Waals surface area contributed by atoms with Crippen LogP contribution in [-0.4, -0.2) is 51.0 Å². The Morgan fingerprint density at radius 1 is 1.24 bits per heavy atom. The van der Waals surface area contributed by atoms with E-state index >= 15 is 0 Å². The van der Waals surface area contributed by atoms with E-state index in [1.807, 2.05) is 4.90 Å². The minimum absolute atomic E-state index is 0.174. The molecule has 0 radical (unpaired) electrons. The first kappa shape index (κ1) is 22.3. The van der Waals surface area contributed by atoms with Gasteiger partial charge in [-0.1, -0.05) is 19.9 Å². The van der Waals surface area contributed by atoms with Crippen LogP contribution in [0, 0.1) is 12.8 Å². The average Bonchev–Trinajstić information content (AvgIpc) is 3.52. The van der Waals surface area contributed by atoms with Gasteiger partial charge in [0.25, 0.3) is 0 Å². The second-order valence-corrected chi connectivity index (χ2v) is 13.0. The van der Waals surface area contributed by atoms with Gasteiger partial charge in [0.05, 0.1) is 12.6 Å². The zero-order chi connectivity index (χ0) is 23.5. The largest absolute Gasteiger partial charge is 0.482 e. The van der Waals surface area contributed by atoms with Crippen molar-refractivity contribution in [1.82, 2.24) is 14.7 Å². The maximum atomic E-state index is 12.6. The number of amides is 1. The number of nitrogens with zero attached hydrogens (tertiary/aromatic N) is 3. The van der Waals surface area contributed by atoms with Crippen LogP contribution in [0.4, 0.5) is 4.79 Å². The maximum Gasteiger partial charge on any atom is 0.409 e. The average molecular weight is 482 g/mol. The summed E-state index contributed by atoms with van der Waals surface area (Å²) in [6.07, 6.45) is 8.23. The van der Waals surface area contributed by atoms with Gasteiger partial charge in [0.1, 0.15) is 17.0 Å². The van der Waals surface area contributed by atoms with Crippen molar-refractivity contribution in [3.05, 3.63) is 35.5 Å². The van der Waals surface area contributed by atoms with Gasteiger partial charge in [-0.2, -0.15) is 16.9 Å². The summed E-state index contributed by atoms with van der Waals surface area (Å²) in [7, 11) is 0. The van der Waals surface area contributed by atoms with E-state index in [9.17, 15) is 4.79 Å². The highest BCUT2D eigenvalue weighted by atomic mass is 32.2. The molecular weight excluding hydrogens is 446 g/mol. The third-order valence-corrected chi connectivity index (χ3v) is 9.32. The van der Waals surface area contributed by atoms with Gasteiger partial charge in [-0.05, 0) is 62.0 Å². The third-order valence-electron chi connectivity index (χ3n) is 7.93. The van der Waals surface area contributed by atoms with Crippen LogP contribution in [0.5, 0.6) is 5.75 Å². The van der Waals surface area contributed by atoms with E-state index in [1.165, 1.54) is 24.0 Å². The Morgan fingerprint density at radius 3 is 2.76 bits per heavy atom. The molecule has 0 bridgehead atoms. The van der Waals surface area contributed by atoms with Gasteiger partial charge >= 0.3 is 6.09 Å². The number of carbonyl (C=O) groups excluding carboxylic acids is 1. The van der Waals surface area contributed by atoms with E-state index < -0.39 is 5.60 Å². The second-order valence-electron chi connectivity index (χ2n) is 11.2. The molecule has 6 rings (SSSR count). The molecule has 4 heterocycles. The predicted molar refractivity (Wildman–Crippen MR) is 134 cm³/mol. The van der Waals surface area contributed by atoms with Gasteiger partial charge in [0, 0.05) is 48.0 Å². The lowest BCUT2D eigenvalue weighted by molar-refractivity contribution is -0.00608. The highest BCUT2D eigenvalue weighted by Crippen LogP contribution is 2.50. The summed E-state index contributed by atoms with van der Waals surface area (Å²) < 4.78 is 14.9. The third kappa shape index (κ3) is 4.10. The lowest BCUT2D eigenvalue weighted by Crippen LogP contribution is -2.49. The number of aromatic nitrogens is 2. The van der Waals surface area contributed by atoms with Crippen molar-refractivity contribution in [2.75, 3.05) is 25.4 Å². The molecule has 2 aromatic rings. The SMILES string of the molecule is Cc1ccc2c(c1)OC1(CCN(C(=O)OCC3CC3)CC1)c1cn(C3CCSC(C)(C)C3)nc1-2. The van der Waals surface area contributed by atoms with Gasteiger partial charge in [-0.25, -0.2) is 4.79 Å². The summed E-state index contributed by atoms with van der Waals surface area (Å²) in [5, 5.41) is 5.19. The quantitative estimate of drug-likeness (QED) is 0.543. The molecule has 182 valence electrons. The Morgan fingerprint density at radius 2 is 2.03 bits per heavy atom. The number of aryl methyl sites for hydroxylation is 1. The number of carbonyl (C=O) groups is 1. The van der Waals surface area contributed by atoms with Crippen LogP contribution in [0.1, 0.15) is 69.5 Å². The number of piperidine rings is 1. The van der Waals surface area contributed by atoms with E-state index in [2.05, 4.69) is 61.6 Å². The van der Waals surface area contributed by atoms with Crippen molar-refractivity contribution < 1.29 is 14.3 Å². The summed E-state index contributed by atoms with van der Waals surface area (Å²) in [5.74, 6) is 2.66. The van der Waals surface area contributed by atoms with E-state index in [0.717, 1.165) is 48.4 Å². The fourth-order valence-electron chi connectivity index (χ4n) is 5.70. The molecule has 1 aromatic heterocycles. The van der Waals surface area contributed by atoms with Crippen molar-refractivity contribution in [3.63, 3.8) is 0 Å². The topological polar surface area (TPSA) is 56.6 Å². The standard InChI is InChI=1S/C27H35N3O3S/c1-18-4-7-21-23(14-18)33-27(9-11-29(12-10-27)25(31)32-17-19-5-6-19)22-16-30(28-24(21)22)20-8-13-34-26(2,3)15-20/h4,7,14,16,19-20H,5-6,8-13,15,17H2,1-3H3. The number of hydrogen-bond acceptors (Lipinski definition) is 5. The molecule has 1 unspecified atom stereocenters. The normalized spacial score (nSPS) is 24.8. The molecule has 3 fully saturated rings. The minimum atomic E-state index is -0.444. The molecule has 2 saturated heterocycles. The molecule has 1 saturated carbocycles. The van der Waals surface area contributed by atoms with Crippen molar-refractivity contribution in [3.8, 4) is 17.0 Å². The summed E-state index contributed by atoms with van der Waals surface area (Å²) >= 11 is 2.06. The fourth-order valence-corrected chi connectivity index (χ4v) is 6.95. The molecule has 1 aliphatic carbocycles. The van der Waals surface area contributed by atoms with Crippen LogP contribution in [0.25, 0.3) is 11.3 Å². The lowest BCUT2D eigenvalue weighted by atomic mass is 9.81. The minimum Gasteiger partial charge on any atom is -0.482 e. The number of fused-ring (bicyclic) bond motifs is 4. The van der Waals surface area contributed by atoms with Crippen LogP contribution in [0.3, 0.4) is 0 Å². The summed E-state index contributed by atoms with van der Waals surface area (Å²) in [6, 6.07) is 6.83. The monoisotopic (exact) mass is 481 g/mol. The molecule has 6 nitrogen and oxygen atoms in total. The van der Waals surface area contributed by atoms with Crippen LogP contribution < -0.4 is 4.74 Å². The Hall–Kier alpha value is -2.15. The molecule has 7 heteroatoms. The van der Waals surface area contributed by atoms with Crippen LogP contribution in [-0.2, 0) is 10.3 Å². The van der Waals surface area contributed by atoms with E-state index in [0.29, 0.717) is 31.7 Å². The highest BCUT2D eigenvalue weighted by molar-refractivity contribution is 8.00. The number of ether oxygens (including phenoxy) is 2. The van der Waals surface area contributed by atoms with Gasteiger partial charge < -0.3 is 14.4 Å². The lowest BCUT2D eigenvalue weighted by Gasteiger charge is -2.43. The van der Waals surface area contributed by atoms with Crippen LogP contribution >= 0.6 is 11.8 Å². The number of benzene rings is 1. The smallest absolute Gasteiger partial charge is 0.409 e. The van der Waals surface area contributed by atoms with E-state index in [4.69, 9.17) is 14.6 Å². The molecule has 4 aliphatic rings. The second kappa shape index (κ2) is 8.21. The molecule has 1 atom stereocenters. The van der Waals surface area contributed by atoms with Gasteiger partial charge in [0.2, 0.25) is 0 Å². The Balaban J connectivity index is 1.30. The molecular formula is C27H35N3O3S. The number of thioether (sulfide) groups is 1. The van der Waals surface area contributed by atoms with Crippen LogP contribution in [0.2, 0.25) is 0 Å². The van der Waals surface area contributed by atoms with Crippen molar-refractivity contribution in [2.45, 2.75) is 75.7 Å². The van der Waals surface area contributed by atoms with Gasteiger partial charge in [-0.15, -0.1) is 0 Å². The molecule has 1 aromatic carbocycles. The maximum absolute atomic E-state index is 12.6. The first-order valence-corrected chi connectivity index (χ1v) is 13.8. The first-order valence-electron chi connectivity index (χ1n) is 12.8. The zero-order valence-corrected chi connectivity index (χ0v) is 21.3. The van der Waals surface area contributed by atoms with Gasteiger partial charge in [-0.3, -0.25) is 4.68 Å². The Labute approximate surface area is 206 Å². The van der Waals surface area contributed by atoms with E-state index in [-0.39, 0.29) is 10.8 Å². The Kier molecular flexibility index (Phi) is 5.39. The summed E-state index contributed by atoms with van der Waals surface area (Å²) in [4.78, 5) is 14.5. The fraction of sp³-hybridized carbons (Fsp3) is 0.630.